The number of hydroxylamine groups is 1. The van der Waals surface area contributed by atoms with Crippen molar-refractivity contribution in [2.24, 2.45) is 21.1 Å². The molecule has 0 saturated carbocycles. The molecule has 0 aliphatic rings. The Labute approximate surface area is 277 Å². The van der Waals surface area contributed by atoms with Gasteiger partial charge in [-0.3, -0.25) is 29.2 Å². The lowest BCUT2D eigenvalue weighted by molar-refractivity contribution is -0.128. The van der Waals surface area contributed by atoms with Gasteiger partial charge in [0.1, 0.15) is 17.1 Å². The van der Waals surface area contributed by atoms with Gasteiger partial charge in [0.05, 0.1) is 29.9 Å². The third kappa shape index (κ3) is 9.43. The molecule has 0 bridgehead atoms. The lowest BCUT2D eigenvalue weighted by atomic mass is 10.1. The van der Waals surface area contributed by atoms with E-state index in [1.165, 1.54) is 6.07 Å². The Morgan fingerprint density at radius 1 is 0.667 bits per heavy atom. The maximum Gasteiger partial charge on any atom is 0.272 e. The molecular weight excluding hydrogens is 618 g/mol. The van der Waals surface area contributed by atoms with Crippen LogP contribution in [0.25, 0.3) is 0 Å². The summed E-state index contributed by atoms with van der Waals surface area (Å²) >= 11 is 0. The Morgan fingerprint density at radius 3 is 1.60 bits per heavy atom. The molecule has 3 heterocycles. The van der Waals surface area contributed by atoms with Crippen LogP contribution in [-0.4, -0.2) is 80.5 Å². The molecule has 5 amide bonds. The van der Waals surface area contributed by atoms with Crippen molar-refractivity contribution in [3.63, 3.8) is 0 Å². The van der Waals surface area contributed by atoms with E-state index in [2.05, 4.69) is 21.3 Å². The van der Waals surface area contributed by atoms with Gasteiger partial charge >= 0.3 is 0 Å². The van der Waals surface area contributed by atoms with Crippen LogP contribution in [-0.2, 0) is 43.6 Å². The first-order valence-electron chi connectivity index (χ1n) is 15.2. The molecule has 0 aliphatic carbocycles. The van der Waals surface area contributed by atoms with Crippen molar-refractivity contribution in [1.29, 1.82) is 0 Å². The minimum atomic E-state index is -0.559. The average molecular weight is 660 g/mol. The van der Waals surface area contributed by atoms with Crippen molar-refractivity contribution in [2.75, 3.05) is 43.1 Å². The fraction of sp³-hybridized carbons (Fsp3) is 0.303. The smallest absolute Gasteiger partial charge is 0.272 e. The molecule has 6 N–H and O–H groups in total. The molecular formula is C33H41N9O6. The number of anilines is 3. The highest BCUT2D eigenvalue weighted by molar-refractivity contribution is 6.07. The number of amides is 5. The zero-order chi connectivity index (χ0) is 35.0. The summed E-state index contributed by atoms with van der Waals surface area (Å²) < 4.78 is 4.79. The molecule has 0 unspecified atom stereocenters. The highest BCUT2D eigenvalue weighted by atomic mass is 16.5. The summed E-state index contributed by atoms with van der Waals surface area (Å²) in [6.07, 6.45) is 5.69. The fourth-order valence-corrected chi connectivity index (χ4v) is 5.12. The van der Waals surface area contributed by atoms with Gasteiger partial charge in [-0.1, -0.05) is 24.3 Å². The number of carbonyl (C=O) groups excluding carboxylic acids is 5. The first-order chi connectivity index (χ1) is 22.8. The van der Waals surface area contributed by atoms with Crippen molar-refractivity contribution in [3.8, 4) is 0 Å². The molecule has 1 aromatic carbocycles. The number of carbonyl (C=O) groups is 5. The van der Waals surface area contributed by atoms with Crippen LogP contribution < -0.4 is 26.7 Å². The summed E-state index contributed by atoms with van der Waals surface area (Å²) in [6.45, 7) is 1.39. The first kappa shape index (κ1) is 35.2. The van der Waals surface area contributed by atoms with Crippen LogP contribution in [0.2, 0.25) is 0 Å². The normalized spacial score (nSPS) is 10.9. The van der Waals surface area contributed by atoms with E-state index < -0.39 is 17.7 Å². The molecule has 15 heteroatoms. The number of hydrogen-bond acceptors (Lipinski definition) is 7. The average Bonchev–Trinajstić information content (AvgIpc) is 3.70. The summed E-state index contributed by atoms with van der Waals surface area (Å²) in [5.74, 6) is -1.99. The lowest BCUT2D eigenvalue weighted by Gasteiger charge is -2.10. The zero-order valence-corrected chi connectivity index (χ0v) is 27.6. The van der Waals surface area contributed by atoms with Crippen molar-refractivity contribution < 1.29 is 29.2 Å². The summed E-state index contributed by atoms with van der Waals surface area (Å²) in [7, 11) is 9.01. The van der Waals surface area contributed by atoms with Crippen LogP contribution in [0, 0.1) is 0 Å². The quantitative estimate of drug-likeness (QED) is 0.0681. The van der Waals surface area contributed by atoms with Gasteiger partial charge in [-0.15, -0.1) is 0 Å². The fourth-order valence-electron chi connectivity index (χ4n) is 5.12. The van der Waals surface area contributed by atoms with E-state index in [0.29, 0.717) is 40.4 Å². The maximum absolute atomic E-state index is 13.1. The standard InChI is InChI=1S/C33H41N9O6/c1-39(2)11-7-10-34-31(45)26-16-24(19-40(26)3)36-33(47)28-17-25(20-42(28)5)37-32(46)27-15-23(18-41(27)4)35-29(43)13-21-8-6-9-22(12-21)14-30(44)38-48/h6,8-9,12,15-20,48H,7,10-11,13-14H2,1-5H3,(H,34,45)(H,35,43)(H,36,47)(H,37,46)(H,38,44). The number of aryl methyl sites for hydroxylation is 3. The van der Waals surface area contributed by atoms with Gasteiger partial charge in [0, 0.05) is 46.3 Å². The van der Waals surface area contributed by atoms with Gasteiger partial charge in [0.25, 0.3) is 17.7 Å². The number of nitrogens with one attached hydrogen (secondary N) is 5. The summed E-state index contributed by atoms with van der Waals surface area (Å²) in [4.78, 5) is 65.1. The second-order valence-electron chi connectivity index (χ2n) is 11.8. The Bertz CT molecular complexity index is 1820. The van der Waals surface area contributed by atoms with Crippen LogP contribution in [0.4, 0.5) is 17.1 Å². The molecule has 15 nitrogen and oxygen atoms in total. The molecule has 0 spiro atoms. The molecule has 0 saturated heterocycles. The summed E-state index contributed by atoms with van der Waals surface area (Å²) in [6, 6.07) is 11.6. The third-order valence-electron chi connectivity index (χ3n) is 7.43. The molecule has 0 fully saturated rings. The molecule has 0 radical (unpaired) electrons. The van der Waals surface area contributed by atoms with E-state index >= 15 is 0 Å². The zero-order valence-electron chi connectivity index (χ0n) is 27.6. The predicted octanol–water partition coefficient (Wildman–Crippen LogP) is 2.12. The van der Waals surface area contributed by atoms with E-state index in [-0.39, 0.29) is 36.0 Å². The molecule has 4 rings (SSSR count). The topological polar surface area (TPSA) is 184 Å². The summed E-state index contributed by atoms with van der Waals surface area (Å²) in [5.41, 5.74) is 5.13. The highest BCUT2D eigenvalue weighted by Gasteiger charge is 2.19. The Morgan fingerprint density at radius 2 is 1.12 bits per heavy atom. The van der Waals surface area contributed by atoms with Crippen LogP contribution in [0.15, 0.2) is 61.1 Å². The monoisotopic (exact) mass is 659 g/mol. The second kappa shape index (κ2) is 15.8. The second-order valence-corrected chi connectivity index (χ2v) is 11.8. The number of benzene rings is 1. The summed E-state index contributed by atoms with van der Waals surface area (Å²) in [5, 5.41) is 20.0. The van der Waals surface area contributed by atoms with Crippen molar-refractivity contribution in [1.82, 2.24) is 29.4 Å². The number of nitrogens with zero attached hydrogens (tertiary/aromatic N) is 4. The first-order valence-corrected chi connectivity index (χ1v) is 15.2. The van der Waals surface area contributed by atoms with E-state index in [1.54, 1.807) is 95.3 Å². The van der Waals surface area contributed by atoms with Gasteiger partial charge in [-0.2, -0.15) is 0 Å². The van der Waals surface area contributed by atoms with Crippen LogP contribution in [0.3, 0.4) is 0 Å². The highest BCUT2D eigenvalue weighted by Crippen LogP contribution is 2.20. The molecule has 48 heavy (non-hydrogen) atoms. The molecule has 3 aromatic heterocycles. The van der Waals surface area contributed by atoms with E-state index in [4.69, 9.17) is 5.21 Å². The van der Waals surface area contributed by atoms with Gasteiger partial charge in [0.15, 0.2) is 0 Å². The third-order valence-corrected chi connectivity index (χ3v) is 7.43. The van der Waals surface area contributed by atoms with E-state index in [9.17, 15) is 24.0 Å². The molecule has 0 aliphatic heterocycles. The van der Waals surface area contributed by atoms with Gasteiger partial charge in [-0.25, -0.2) is 5.48 Å². The Balaban J connectivity index is 1.33. The predicted molar refractivity (Wildman–Crippen MR) is 180 cm³/mol. The molecule has 254 valence electrons. The number of hydrogen-bond donors (Lipinski definition) is 6. The lowest BCUT2D eigenvalue weighted by Crippen LogP contribution is -2.28. The van der Waals surface area contributed by atoms with Crippen LogP contribution in [0.5, 0.6) is 0 Å². The largest absolute Gasteiger partial charge is 0.351 e. The van der Waals surface area contributed by atoms with Gasteiger partial charge in [0.2, 0.25) is 11.8 Å². The van der Waals surface area contributed by atoms with Crippen molar-refractivity contribution in [3.05, 3.63) is 89.3 Å². The SMILES string of the molecule is CN(C)CCCNC(=O)c1cc(NC(=O)c2cc(NC(=O)c3cc(NC(=O)Cc4cccc(CC(=O)NO)c4)cn3C)cn2C)cn1C. The molecule has 4 aromatic rings. The van der Waals surface area contributed by atoms with Crippen molar-refractivity contribution >= 4 is 46.6 Å². The van der Waals surface area contributed by atoms with Gasteiger partial charge < -0.3 is 39.9 Å². The maximum atomic E-state index is 13.1. The number of rotatable bonds is 14. The van der Waals surface area contributed by atoms with Crippen molar-refractivity contribution in [2.45, 2.75) is 19.3 Å². The van der Waals surface area contributed by atoms with Gasteiger partial charge in [-0.05, 0) is 56.4 Å². The van der Waals surface area contributed by atoms with Crippen LogP contribution >= 0.6 is 0 Å². The van der Waals surface area contributed by atoms with E-state index in [1.807, 2.05) is 19.0 Å². The van der Waals surface area contributed by atoms with E-state index in [0.717, 1.165) is 13.0 Å². The Kier molecular flexibility index (Phi) is 11.5. The molecule has 0 atom stereocenters. The van der Waals surface area contributed by atoms with Crippen LogP contribution in [0.1, 0.15) is 49.0 Å². The Hall–Kier alpha value is -5.67. The minimum absolute atomic E-state index is 0.0253. The number of aromatic nitrogens is 3. The minimum Gasteiger partial charge on any atom is -0.351 e.